The van der Waals surface area contributed by atoms with Crippen molar-refractivity contribution in [2.45, 2.75) is 32.6 Å². The summed E-state index contributed by atoms with van der Waals surface area (Å²) >= 11 is 0. The number of allylic oxidation sites excluding steroid dienone is 1. The molecule has 8 heteroatoms. The minimum Gasteiger partial charge on any atom is -0.510 e. The Morgan fingerprint density at radius 2 is 1.76 bits per heavy atom. The predicted octanol–water partition coefficient (Wildman–Crippen LogP) is 3.66. The Bertz CT molecular complexity index is 996. The molecule has 3 rings (SSSR count). The average molecular weight is 457 g/mol. The summed E-state index contributed by atoms with van der Waals surface area (Å²) in [6, 6.07) is 9.38. The predicted molar refractivity (Wildman–Crippen MR) is 126 cm³/mol. The fourth-order valence-corrected chi connectivity index (χ4v) is 3.15. The molecule has 33 heavy (non-hydrogen) atoms. The van der Waals surface area contributed by atoms with E-state index < -0.39 is 11.7 Å². The molecule has 0 unspecified atom stereocenters. The van der Waals surface area contributed by atoms with Gasteiger partial charge in [-0.2, -0.15) is 0 Å². The maximum atomic E-state index is 12.7. The van der Waals surface area contributed by atoms with Gasteiger partial charge in [-0.05, 0) is 75.5 Å². The highest BCUT2D eigenvalue weighted by molar-refractivity contribution is 5.97. The summed E-state index contributed by atoms with van der Waals surface area (Å²) in [5, 5.41) is 41.7. The molecular formula is C25H32N2O6. The number of phenolic OH excluding ortho intramolecular Hbond substituents is 3. The molecule has 5 N–H and O–H groups in total. The number of carbonyl (C=O) groups excluding carboxylic acids is 2. The average Bonchev–Trinajstić information content (AvgIpc) is 3.65. The summed E-state index contributed by atoms with van der Waals surface area (Å²) in [5.41, 5.74) is 2.11. The Morgan fingerprint density at radius 1 is 1.06 bits per heavy atom. The Kier molecular flexibility index (Phi) is 9.75. The first-order valence-corrected chi connectivity index (χ1v) is 10.9. The molecule has 0 heterocycles. The fourth-order valence-electron chi connectivity index (χ4n) is 3.15. The Balaban J connectivity index is 0.000000321. The van der Waals surface area contributed by atoms with E-state index in [1.165, 1.54) is 23.1 Å². The van der Waals surface area contributed by atoms with E-state index in [0.29, 0.717) is 18.4 Å². The molecule has 0 atom stereocenters. The van der Waals surface area contributed by atoms with Gasteiger partial charge in [-0.1, -0.05) is 18.2 Å². The number of aldehydes is 1. The van der Waals surface area contributed by atoms with Gasteiger partial charge >= 0.3 is 0 Å². The summed E-state index contributed by atoms with van der Waals surface area (Å²) in [6.07, 6.45) is 4.09. The number of amides is 1. The number of benzene rings is 2. The number of carbonyl (C=O) groups is 2. The van der Waals surface area contributed by atoms with E-state index in [1.807, 2.05) is 7.05 Å². The van der Waals surface area contributed by atoms with Gasteiger partial charge in [0.15, 0.2) is 17.8 Å². The highest BCUT2D eigenvalue weighted by atomic mass is 16.3. The number of aliphatic hydroxyl groups is 1. The third kappa shape index (κ3) is 7.54. The Morgan fingerprint density at radius 3 is 2.36 bits per heavy atom. The highest BCUT2D eigenvalue weighted by Crippen LogP contribution is 2.32. The summed E-state index contributed by atoms with van der Waals surface area (Å²) in [6.45, 7) is 3.23. The van der Waals surface area contributed by atoms with E-state index in [1.54, 1.807) is 25.1 Å². The van der Waals surface area contributed by atoms with Crippen LogP contribution < -0.4 is 5.32 Å². The van der Waals surface area contributed by atoms with Crippen LogP contribution in [0, 0.1) is 6.92 Å². The Hall–Kier alpha value is -3.52. The maximum absolute atomic E-state index is 12.7. The highest BCUT2D eigenvalue weighted by Gasteiger charge is 2.24. The van der Waals surface area contributed by atoms with Crippen LogP contribution in [0.5, 0.6) is 17.2 Å². The molecule has 0 aliphatic heterocycles. The molecule has 0 saturated heterocycles. The van der Waals surface area contributed by atoms with Crippen LogP contribution in [0.4, 0.5) is 0 Å². The van der Waals surface area contributed by atoms with Crippen LogP contribution in [-0.4, -0.2) is 64.2 Å². The lowest BCUT2D eigenvalue weighted by Crippen LogP contribution is -2.34. The first-order chi connectivity index (χ1) is 15.8. The summed E-state index contributed by atoms with van der Waals surface area (Å²) in [7, 11) is 1.87. The minimum absolute atomic E-state index is 0.0483. The Labute approximate surface area is 193 Å². The van der Waals surface area contributed by atoms with Gasteiger partial charge in [0.1, 0.15) is 11.5 Å². The fraction of sp³-hybridized carbons (Fsp3) is 0.360. The van der Waals surface area contributed by atoms with Gasteiger partial charge in [-0.25, -0.2) is 0 Å². The smallest absolute Gasteiger partial charge is 0.258 e. The summed E-state index contributed by atoms with van der Waals surface area (Å²) < 4.78 is 0. The number of rotatable bonds is 9. The second-order valence-electron chi connectivity index (χ2n) is 7.89. The van der Waals surface area contributed by atoms with Gasteiger partial charge in [0.2, 0.25) is 0 Å². The molecule has 1 fully saturated rings. The molecule has 0 spiro atoms. The molecular weight excluding hydrogens is 424 g/mol. The normalized spacial score (nSPS) is 11.9. The number of hydrogen-bond acceptors (Lipinski definition) is 7. The van der Waals surface area contributed by atoms with E-state index in [9.17, 15) is 24.9 Å². The second-order valence-corrected chi connectivity index (χ2v) is 7.89. The number of aryl methyl sites for hydroxylation is 1. The van der Waals surface area contributed by atoms with Gasteiger partial charge in [-0.3, -0.25) is 9.59 Å². The van der Waals surface area contributed by atoms with Crippen LogP contribution >= 0.6 is 0 Å². The number of para-hydroxylation sites is 2. The van der Waals surface area contributed by atoms with Gasteiger partial charge in [-0.15, -0.1) is 0 Å². The zero-order chi connectivity index (χ0) is 24.4. The van der Waals surface area contributed by atoms with E-state index in [2.05, 4.69) is 5.32 Å². The quantitative estimate of drug-likeness (QED) is 0.168. The monoisotopic (exact) mass is 456 g/mol. The third-order valence-corrected chi connectivity index (χ3v) is 5.28. The largest absolute Gasteiger partial charge is 0.510 e. The zero-order valence-corrected chi connectivity index (χ0v) is 19.0. The standard InChI is InChI=1S/C17H24N2O4.C8H8O2/c1-18-9-2-3-10-19(11-15(21)12-7-8-12)17(23)13-5-4-6-14(20)16(13)22;1-6-3-2-4-7(5-9)8(6)10/h4-6,18,20-22H,2-3,7-11H2,1H3;2-5,10H,1H3. The number of nitrogens with zero attached hydrogens (tertiary/aromatic N) is 1. The number of hydrogen-bond donors (Lipinski definition) is 5. The van der Waals surface area contributed by atoms with Gasteiger partial charge in [0, 0.05) is 6.54 Å². The SMILES string of the molecule is CNCCCCN(CC(O)=C1CC1)C(=O)c1cccc(O)c1O.Cc1cccc(C=O)c1O. The number of phenols is 3. The van der Waals surface area contributed by atoms with Crippen LogP contribution in [0.25, 0.3) is 0 Å². The first-order valence-electron chi connectivity index (χ1n) is 10.9. The van der Waals surface area contributed by atoms with E-state index in [-0.39, 0.29) is 29.4 Å². The van der Waals surface area contributed by atoms with E-state index in [0.717, 1.165) is 43.4 Å². The lowest BCUT2D eigenvalue weighted by Gasteiger charge is -2.23. The molecule has 8 nitrogen and oxygen atoms in total. The summed E-state index contributed by atoms with van der Waals surface area (Å²) in [4.78, 5) is 24.4. The van der Waals surface area contributed by atoms with Gasteiger partial charge < -0.3 is 30.6 Å². The first kappa shape index (κ1) is 25.7. The number of nitrogens with one attached hydrogen (secondary N) is 1. The van der Waals surface area contributed by atoms with Crippen molar-refractivity contribution in [1.82, 2.24) is 10.2 Å². The minimum atomic E-state index is -0.420. The third-order valence-electron chi connectivity index (χ3n) is 5.28. The molecule has 0 radical (unpaired) electrons. The number of unbranched alkanes of at least 4 members (excludes halogenated alkanes) is 1. The number of aromatic hydroxyl groups is 3. The molecule has 2 aromatic carbocycles. The van der Waals surface area contributed by atoms with Crippen molar-refractivity contribution in [3.8, 4) is 17.2 Å². The second kappa shape index (κ2) is 12.5. The molecule has 178 valence electrons. The summed E-state index contributed by atoms with van der Waals surface area (Å²) in [5.74, 6) is -0.813. The lowest BCUT2D eigenvalue weighted by molar-refractivity contribution is 0.0745. The van der Waals surface area contributed by atoms with Crippen molar-refractivity contribution in [3.05, 3.63) is 64.4 Å². The van der Waals surface area contributed by atoms with E-state index in [4.69, 9.17) is 5.11 Å². The van der Waals surface area contributed by atoms with Crippen LogP contribution in [-0.2, 0) is 0 Å². The zero-order valence-electron chi connectivity index (χ0n) is 19.0. The molecule has 2 aromatic rings. The topological polar surface area (TPSA) is 130 Å². The van der Waals surface area contributed by atoms with Crippen molar-refractivity contribution in [3.63, 3.8) is 0 Å². The van der Waals surface area contributed by atoms with Crippen LogP contribution in [0.3, 0.4) is 0 Å². The molecule has 1 saturated carbocycles. The van der Waals surface area contributed by atoms with Crippen LogP contribution in [0.2, 0.25) is 0 Å². The molecule has 0 aromatic heterocycles. The lowest BCUT2D eigenvalue weighted by atomic mass is 10.1. The van der Waals surface area contributed by atoms with Crippen molar-refractivity contribution >= 4 is 12.2 Å². The number of aliphatic hydroxyl groups excluding tert-OH is 1. The van der Waals surface area contributed by atoms with Crippen molar-refractivity contribution in [1.29, 1.82) is 0 Å². The van der Waals surface area contributed by atoms with Crippen molar-refractivity contribution in [2.24, 2.45) is 0 Å². The van der Waals surface area contributed by atoms with Crippen LogP contribution in [0.1, 0.15) is 52.0 Å². The molecule has 1 aliphatic carbocycles. The van der Waals surface area contributed by atoms with Crippen molar-refractivity contribution in [2.75, 3.05) is 26.7 Å². The maximum Gasteiger partial charge on any atom is 0.258 e. The van der Waals surface area contributed by atoms with Gasteiger partial charge in [0.05, 0.1) is 17.7 Å². The van der Waals surface area contributed by atoms with Crippen LogP contribution in [0.15, 0.2) is 47.7 Å². The van der Waals surface area contributed by atoms with Gasteiger partial charge in [0.25, 0.3) is 5.91 Å². The van der Waals surface area contributed by atoms with Crippen molar-refractivity contribution < 1.29 is 30.0 Å². The van der Waals surface area contributed by atoms with E-state index >= 15 is 0 Å². The molecule has 0 bridgehead atoms. The molecule has 1 amide bonds. The molecule has 1 aliphatic rings.